The summed E-state index contributed by atoms with van der Waals surface area (Å²) in [5.74, 6) is -0.423. The minimum absolute atomic E-state index is 0.0605. The zero-order valence-electron chi connectivity index (χ0n) is 11.3. The second-order valence-electron chi connectivity index (χ2n) is 4.75. The number of nitrogens with zero attached hydrogens (tertiary/aromatic N) is 3. The van der Waals surface area contributed by atoms with E-state index in [0.717, 1.165) is 0 Å². The molecule has 2 N–H and O–H groups in total. The molecule has 0 saturated heterocycles. The fraction of sp³-hybridized carbons (Fsp3) is 0.214. The van der Waals surface area contributed by atoms with Crippen molar-refractivity contribution in [2.75, 3.05) is 17.2 Å². The van der Waals surface area contributed by atoms with Crippen molar-refractivity contribution >= 4 is 17.4 Å². The molecule has 1 aromatic heterocycles. The van der Waals surface area contributed by atoms with Gasteiger partial charge in [0.25, 0.3) is 5.91 Å². The van der Waals surface area contributed by atoms with E-state index >= 15 is 0 Å². The number of amides is 1. The molecule has 3 rings (SSSR count). The second-order valence-corrected chi connectivity index (χ2v) is 4.75. The Kier molecular flexibility index (Phi) is 3.17. The Labute approximate surface area is 120 Å². The molecular weight excluding hydrogens is 275 g/mol. The number of nitrogens with two attached hydrogens (primary N) is 1. The van der Waals surface area contributed by atoms with Gasteiger partial charge in [0.1, 0.15) is 17.7 Å². The monoisotopic (exact) mass is 288 g/mol. The lowest BCUT2D eigenvalue weighted by molar-refractivity contribution is 0.0956. The van der Waals surface area contributed by atoms with E-state index in [1.807, 2.05) is 0 Å². The predicted molar refractivity (Wildman–Crippen MR) is 74.6 cm³/mol. The Balaban J connectivity index is 2.04. The third-order valence-corrected chi connectivity index (χ3v) is 3.15. The third kappa shape index (κ3) is 2.37. The Hall–Kier alpha value is -2.70. The minimum atomic E-state index is -0.422. The zero-order valence-corrected chi connectivity index (χ0v) is 11.3. The van der Waals surface area contributed by atoms with Gasteiger partial charge in [0.15, 0.2) is 11.5 Å². The van der Waals surface area contributed by atoms with E-state index in [0.29, 0.717) is 18.0 Å². The lowest BCUT2D eigenvalue weighted by Crippen LogP contribution is -2.43. The number of carbonyl (C=O) groups is 1. The van der Waals surface area contributed by atoms with E-state index in [4.69, 9.17) is 10.5 Å². The Bertz CT molecular complexity index is 707. The summed E-state index contributed by atoms with van der Waals surface area (Å²) in [5, 5.41) is 0. The van der Waals surface area contributed by atoms with Gasteiger partial charge in [-0.2, -0.15) is 0 Å². The molecule has 1 unspecified atom stereocenters. The number of aromatic nitrogens is 2. The standard InChI is InChI=1S/C14H13FN4O2/c1-8-7-19(10-3-2-9(15)6-11(10)21-8)14(20)12-13(16)18-5-4-17-12/h2-6,8H,7H2,1H3,(H2,16,18). The fourth-order valence-electron chi connectivity index (χ4n) is 2.25. The van der Waals surface area contributed by atoms with E-state index < -0.39 is 5.82 Å². The summed E-state index contributed by atoms with van der Waals surface area (Å²) in [5.41, 5.74) is 6.26. The average molecular weight is 288 g/mol. The van der Waals surface area contributed by atoms with Gasteiger partial charge in [0, 0.05) is 18.5 Å². The molecule has 1 aliphatic rings. The quantitative estimate of drug-likeness (QED) is 0.862. The number of halogens is 1. The molecule has 1 aliphatic heterocycles. The van der Waals surface area contributed by atoms with Crippen LogP contribution in [0.4, 0.5) is 15.9 Å². The number of nitrogen functional groups attached to an aromatic ring is 1. The summed E-state index contributed by atoms with van der Waals surface area (Å²) in [6.45, 7) is 2.13. The molecule has 1 aromatic carbocycles. The highest BCUT2D eigenvalue weighted by Gasteiger charge is 2.30. The van der Waals surface area contributed by atoms with Crippen LogP contribution in [-0.4, -0.2) is 28.5 Å². The van der Waals surface area contributed by atoms with Crippen LogP contribution in [0.5, 0.6) is 5.75 Å². The van der Waals surface area contributed by atoms with Crippen LogP contribution in [0.3, 0.4) is 0 Å². The molecule has 2 aromatic rings. The molecule has 0 aliphatic carbocycles. The summed E-state index contributed by atoms with van der Waals surface area (Å²) in [4.78, 5) is 21.9. The van der Waals surface area contributed by atoms with Crippen LogP contribution < -0.4 is 15.4 Å². The van der Waals surface area contributed by atoms with E-state index in [1.165, 1.54) is 35.5 Å². The van der Waals surface area contributed by atoms with Gasteiger partial charge < -0.3 is 10.5 Å². The van der Waals surface area contributed by atoms with Gasteiger partial charge in [0.2, 0.25) is 0 Å². The van der Waals surface area contributed by atoms with Crippen molar-refractivity contribution in [3.63, 3.8) is 0 Å². The zero-order chi connectivity index (χ0) is 15.0. The number of carbonyl (C=O) groups excluding carboxylic acids is 1. The van der Waals surface area contributed by atoms with Gasteiger partial charge in [-0.05, 0) is 19.1 Å². The van der Waals surface area contributed by atoms with Crippen LogP contribution in [0.1, 0.15) is 17.4 Å². The Morgan fingerprint density at radius 1 is 1.43 bits per heavy atom. The smallest absolute Gasteiger partial charge is 0.280 e. The van der Waals surface area contributed by atoms with Gasteiger partial charge in [0.05, 0.1) is 12.2 Å². The summed E-state index contributed by atoms with van der Waals surface area (Å²) < 4.78 is 18.9. The molecule has 0 bridgehead atoms. The molecule has 1 atom stereocenters. The summed E-state index contributed by atoms with van der Waals surface area (Å²) in [6.07, 6.45) is 2.55. The highest BCUT2D eigenvalue weighted by molar-refractivity contribution is 6.08. The van der Waals surface area contributed by atoms with E-state index in [9.17, 15) is 9.18 Å². The number of anilines is 2. The van der Waals surface area contributed by atoms with Crippen LogP contribution in [0, 0.1) is 5.82 Å². The van der Waals surface area contributed by atoms with Gasteiger partial charge in [-0.1, -0.05) is 0 Å². The lowest BCUT2D eigenvalue weighted by atomic mass is 10.1. The Morgan fingerprint density at radius 3 is 2.95 bits per heavy atom. The third-order valence-electron chi connectivity index (χ3n) is 3.15. The molecule has 7 heteroatoms. The first-order valence-electron chi connectivity index (χ1n) is 6.41. The highest BCUT2D eigenvalue weighted by atomic mass is 19.1. The Morgan fingerprint density at radius 2 is 2.19 bits per heavy atom. The van der Waals surface area contributed by atoms with Crippen LogP contribution in [0.2, 0.25) is 0 Å². The van der Waals surface area contributed by atoms with Crippen molar-refractivity contribution in [1.29, 1.82) is 0 Å². The molecular formula is C14H13FN4O2. The lowest BCUT2D eigenvalue weighted by Gasteiger charge is -2.33. The number of hydrogen-bond donors (Lipinski definition) is 1. The fourth-order valence-corrected chi connectivity index (χ4v) is 2.25. The van der Waals surface area contributed by atoms with Gasteiger partial charge >= 0.3 is 0 Å². The molecule has 2 heterocycles. The van der Waals surface area contributed by atoms with Crippen molar-refractivity contribution in [1.82, 2.24) is 9.97 Å². The number of ether oxygens (including phenoxy) is 1. The first kappa shape index (κ1) is 13.3. The first-order chi connectivity index (χ1) is 10.1. The van der Waals surface area contributed by atoms with Crippen LogP contribution in [0.15, 0.2) is 30.6 Å². The predicted octanol–water partition coefficient (Wildman–Crippen LogP) is 1.63. The van der Waals surface area contributed by atoms with E-state index in [-0.39, 0.29) is 23.5 Å². The van der Waals surface area contributed by atoms with Gasteiger partial charge in [-0.3, -0.25) is 9.69 Å². The summed E-state index contributed by atoms with van der Waals surface area (Å²) in [7, 11) is 0. The van der Waals surface area contributed by atoms with Gasteiger partial charge in [-0.15, -0.1) is 0 Å². The van der Waals surface area contributed by atoms with Crippen LogP contribution >= 0.6 is 0 Å². The van der Waals surface area contributed by atoms with Crippen molar-refractivity contribution in [3.8, 4) is 5.75 Å². The SMILES string of the molecule is CC1CN(C(=O)c2nccnc2N)c2ccc(F)cc2O1. The van der Waals surface area contributed by atoms with Crippen LogP contribution in [0.25, 0.3) is 0 Å². The largest absolute Gasteiger partial charge is 0.487 e. The minimum Gasteiger partial charge on any atom is -0.487 e. The van der Waals surface area contributed by atoms with Crippen molar-refractivity contribution < 1.29 is 13.9 Å². The molecule has 1 amide bonds. The normalized spacial score (nSPS) is 17.0. The van der Waals surface area contributed by atoms with Crippen molar-refractivity contribution in [2.24, 2.45) is 0 Å². The van der Waals surface area contributed by atoms with Crippen LogP contribution in [-0.2, 0) is 0 Å². The topological polar surface area (TPSA) is 81.3 Å². The molecule has 0 radical (unpaired) electrons. The molecule has 0 spiro atoms. The van der Waals surface area contributed by atoms with Crippen molar-refractivity contribution in [2.45, 2.75) is 13.0 Å². The molecule has 6 nitrogen and oxygen atoms in total. The van der Waals surface area contributed by atoms with Crippen molar-refractivity contribution in [3.05, 3.63) is 42.1 Å². The number of benzene rings is 1. The summed E-state index contributed by atoms with van der Waals surface area (Å²) in [6, 6.07) is 4.03. The highest BCUT2D eigenvalue weighted by Crippen LogP contribution is 2.34. The number of rotatable bonds is 1. The summed E-state index contributed by atoms with van der Waals surface area (Å²) >= 11 is 0. The maximum atomic E-state index is 13.3. The molecule has 0 fully saturated rings. The number of hydrogen-bond acceptors (Lipinski definition) is 5. The van der Waals surface area contributed by atoms with Gasteiger partial charge in [-0.25, -0.2) is 14.4 Å². The number of fused-ring (bicyclic) bond motifs is 1. The second kappa shape index (κ2) is 5.01. The van der Waals surface area contributed by atoms with E-state index in [1.54, 1.807) is 6.92 Å². The van der Waals surface area contributed by atoms with E-state index in [2.05, 4.69) is 9.97 Å². The maximum absolute atomic E-state index is 13.3. The maximum Gasteiger partial charge on any atom is 0.280 e. The average Bonchev–Trinajstić information content (AvgIpc) is 2.45. The molecule has 0 saturated carbocycles. The molecule has 108 valence electrons. The molecule has 21 heavy (non-hydrogen) atoms. The first-order valence-corrected chi connectivity index (χ1v) is 6.41.